The molecule has 3 nitrogen and oxygen atoms in total. The number of aliphatic hydroxyl groups is 2. The van der Waals surface area contributed by atoms with Crippen LogP contribution in [0.5, 0.6) is 0 Å². The highest BCUT2D eigenvalue weighted by atomic mass is 16.5. The van der Waals surface area contributed by atoms with Gasteiger partial charge in [0.05, 0.1) is 0 Å². The van der Waals surface area contributed by atoms with Gasteiger partial charge in [-0.05, 0) is 12.8 Å². The summed E-state index contributed by atoms with van der Waals surface area (Å²) in [6.45, 7) is 6.58. The molecule has 1 atom stereocenters. The predicted octanol–water partition coefficient (Wildman–Crippen LogP) is 14.5. The summed E-state index contributed by atoms with van der Waals surface area (Å²) in [4.78, 5) is 0. The van der Waals surface area contributed by atoms with E-state index in [1.807, 2.05) is 6.92 Å². The third kappa shape index (κ3) is 31.2. The summed E-state index contributed by atoms with van der Waals surface area (Å²) in [5.41, 5.74) is 5.28. The Labute approximate surface area is 291 Å². The third-order valence-corrected chi connectivity index (χ3v) is 11.1. The van der Waals surface area contributed by atoms with Crippen molar-refractivity contribution in [3.8, 4) is 0 Å². The zero-order valence-corrected chi connectivity index (χ0v) is 32.3. The van der Waals surface area contributed by atoms with Gasteiger partial charge in [-0.25, -0.2) is 0 Å². The van der Waals surface area contributed by atoms with Crippen LogP contribution in [0.4, 0.5) is 0 Å². The summed E-state index contributed by atoms with van der Waals surface area (Å²) in [5.74, 6) is -2.07. The van der Waals surface area contributed by atoms with Gasteiger partial charge in [0.15, 0.2) is 0 Å². The summed E-state index contributed by atoms with van der Waals surface area (Å²) < 4.78 is 0. The van der Waals surface area contributed by atoms with Crippen molar-refractivity contribution in [2.75, 3.05) is 0 Å². The summed E-state index contributed by atoms with van der Waals surface area (Å²) in [7, 11) is 0. The molecule has 0 aliphatic heterocycles. The van der Waals surface area contributed by atoms with E-state index < -0.39 is 11.3 Å². The molecule has 3 heteroatoms. The molecule has 0 heterocycles. The lowest BCUT2D eigenvalue weighted by atomic mass is 9.76. The van der Waals surface area contributed by atoms with Crippen LogP contribution >= 0.6 is 0 Å². The van der Waals surface area contributed by atoms with Crippen LogP contribution < -0.4 is 5.73 Å². The Bertz CT molecular complexity index is 574. The number of hydrogen-bond donors (Lipinski definition) is 3. The zero-order valence-electron chi connectivity index (χ0n) is 32.3. The van der Waals surface area contributed by atoms with Crippen molar-refractivity contribution >= 4 is 0 Å². The minimum Gasteiger partial charge on any atom is -0.353 e. The quantitative estimate of drug-likeness (QED) is 0.0457. The second-order valence-corrected chi connectivity index (χ2v) is 15.8. The lowest BCUT2D eigenvalue weighted by Gasteiger charge is -2.38. The molecule has 278 valence electrons. The first kappa shape index (κ1) is 45.9. The smallest absolute Gasteiger partial charge is 0.225 e. The van der Waals surface area contributed by atoms with Gasteiger partial charge in [-0.1, -0.05) is 252 Å². The average Bonchev–Trinajstić information content (AvgIpc) is 3.03. The molecule has 0 aromatic rings. The maximum Gasteiger partial charge on any atom is 0.225 e. The fourth-order valence-electron chi connectivity index (χ4n) is 7.33. The van der Waals surface area contributed by atoms with Crippen LogP contribution in [-0.4, -0.2) is 16.1 Å². The topological polar surface area (TPSA) is 66.5 Å². The van der Waals surface area contributed by atoms with Crippen LogP contribution in [-0.2, 0) is 0 Å². The standard InChI is InChI=1S/C43H89NO2/c1-4-6-8-10-12-14-16-18-20-22-23-24-25-27-29-31-33-35-37-39-41-42(3,43(44,45)46)40-38-36-34-32-30-28-26-21-19-17-15-13-11-9-7-5-2/h45-46H,4-41,44H2,1-3H3. The highest BCUT2D eigenvalue weighted by molar-refractivity contribution is 4.84. The van der Waals surface area contributed by atoms with Gasteiger partial charge in [-0.3, -0.25) is 5.73 Å². The van der Waals surface area contributed by atoms with Crippen LogP contribution in [0.1, 0.15) is 265 Å². The van der Waals surface area contributed by atoms with E-state index in [4.69, 9.17) is 5.73 Å². The second kappa shape index (κ2) is 34.7. The highest BCUT2D eigenvalue weighted by Crippen LogP contribution is 2.37. The number of unbranched alkanes of at least 4 members (excludes halogenated alkanes) is 34. The van der Waals surface area contributed by atoms with Crippen LogP contribution in [0.2, 0.25) is 0 Å². The van der Waals surface area contributed by atoms with Crippen molar-refractivity contribution in [1.29, 1.82) is 0 Å². The fourth-order valence-corrected chi connectivity index (χ4v) is 7.33. The maximum absolute atomic E-state index is 10.4. The second-order valence-electron chi connectivity index (χ2n) is 15.8. The number of rotatable bonds is 39. The summed E-state index contributed by atoms with van der Waals surface area (Å²) in [5, 5.41) is 20.7. The van der Waals surface area contributed by atoms with Crippen molar-refractivity contribution in [3.05, 3.63) is 0 Å². The first-order valence-corrected chi connectivity index (χ1v) is 21.6. The molecule has 0 aliphatic carbocycles. The van der Waals surface area contributed by atoms with Crippen molar-refractivity contribution in [2.24, 2.45) is 11.1 Å². The maximum atomic E-state index is 10.4. The van der Waals surface area contributed by atoms with E-state index in [1.54, 1.807) is 0 Å². The van der Waals surface area contributed by atoms with Crippen LogP contribution in [0, 0.1) is 5.41 Å². The number of nitrogens with two attached hydrogens (primary N) is 1. The molecule has 0 spiro atoms. The Kier molecular flexibility index (Phi) is 34.6. The third-order valence-electron chi connectivity index (χ3n) is 11.1. The molecular formula is C43H89NO2. The van der Waals surface area contributed by atoms with Crippen LogP contribution in [0.3, 0.4) is 0 Å². The largest absolute Gasteiger partial charge is 0.353 e. The predicted molar refractivity (Wildman–Crippen MR) is 206 cm³/mol. The molecule has 0 saturated carbocycles. The van der Waals surface area contributed by atoms with Gasteiger partial charge < -0.3 is 10.2 Å². The molecule has 0 aromatic heterocycles. The van der Waals surface area contributed by atoms with Crippen molar-refractivity contribution < 1.29 is 10.2 Å². The van der Waals surface area contributed by atoms with Crippen molar-refractivity contribution in [3.63, 3.8) is 0 Å². The van der Waals surface area contributed by atoms with Gasteiger partial charge in [0.2, 0.25) is 5.91 Å². The van der Waals surface area contributed by atoms with E-state index in [2.05, 4.69) is 13.8 Å². The van der Waals surface area contributed by atoms with Gasteiger partial charge in [0.25, 0.3) is 0 Å². The molecule has 0 rings (SSSR count). The molecule has 0 aliphatic rings. The Balaban J connectivity index is 3.58. The molecule has 0 saturated heterocycles. The Morgan fingerprint density at radius 1 is 0.304 bits per heavy atom. The summed E-state index contributed by atoms with van der Waals surface area (Å²) in [6, 6.07) is 0. The van der Waals surface area contributed by atoms with Crippen LogP contribution in [0.15, 0.2) is 0 Å². The van der Waals surface area contributed by atoms with Crippen molar-refractivity contribution in [2.45, 2.75) is 271 Å². The molecule has 46 heavy (non-hydrogen) atoms. The fraction of sp³-hybridized carbons (Fsp3) is 1.00. The highest BCUT2D eigenvalue weighted by Gasteiger charge is 2.41. The minimum absolute atomic E-state index is 0.600. The average molecular weight is 652 g/mol. The van der Waals surface area contributed by atoms with E-state index in [0.29, 0.717) is 0 Å². The van der Waals surface area contributed by atoms with Gasteiger partial charge in [-0.2, -0.15) is 0 Å². The summed E-state index contributed by atoms with van der Waals surface area (Å²) >= 11 is 0. The lowest BCUT2D eigenvalue weighted by molar-refractivity contribution is -0.239. The van der Waals surface area contributed by atoms with E-state index >= 15 is 0 Å². The molecule has 0 amide bonds. The number of hydrogen-bond acceptors (Lipinski definition) is 3. The van der Waals surface area contributed by atoms with E-state index in [-0.39, 0.29) is 0 Å². The Morgan fingerprint density at radius 3 is 0.609 bits per heavy atom. The molecule has 4 N–H and O–H groups in total. The molecule has 0 aromatic carbocycles. The molecule has 0 fully saturated rings. The molecule has 0 radical (unpaired) electrons. The van der Waals surface area contributed by atoms with Gasteiger partial charge in [0, 0.05) is 5.41 Å². The summed E-state index contributed by atoms with van der Waals surface area (Å²) in [6.07, 6.45) is 51.0. The van der Waals surface area contributed by atoms with Gasteiger partial charge in [0.1, 0.15) is 0 Å². The lowest BCUT2D eigenvalue weighted by Crippen LogP contribution is -2.54. The normalized spacial score (nSPS) is 13.4. The Hall–Kier alpha value is -0.120. The first-order chi connectivity index (χ1) is 22.4. The first-order valence-electron chi connectivity index (χ1n) is 21.6. The van der Waals surface area contributed by atoms with E-state index in [9.17, 15) is 10.2 Å². The van der Waals surface area contributed by atoms with Gasteiger partial charge in [-0.15, -0.1) is 0 Å². The Morgan fingerprint density at radius 2 is 0.457 bits per heavy atom. The van der Waals surface area contributed by atoms with Crippen LogP contribution in [0.25, 0.3) is 0 Å². The molecule has 1 unspecified atom stereocenters. The molecule has 0 bridgehead atoms. The monoisotopic (exact) mass is 652 g/mol. The van der Waals surface area contributed by atoms with Gasteiger partial charge >= 0.3 is 0 Å². The minimum atomic E-state index is -2.07. The van der Waals surface area contributed by atoms with E-state index in [0.717, 1.165) is 25.7 Å². The van der Waals surface area contributed by atoms with Crippen molar-refractivity contribution in [1.82, 2.24) is 0 Å². The van der Waals surface area contributed by atoms with E-state index in [1.165, 1.54) is 218 Å². The zero-order chi connectivity index (χ0) is 33.9. The molecular weight excluding hydrogens is 562 g/mol. The SMILES string of the molecule is CCCCCCCCCCCCCCCCCCCCCCC(C)(CCCCCCCCCCCCCCCCCC)C(N)(O)O.